The van der Waals surface area contributed by atoms with Crippen LogP contribution >= 0.6 is 15.9 Å². The highest BCUT2D eigenvalue weighted by Crippen LogP contribution is 2.22. The number of hydrogen-bond acceptors (Lipinski definition) is 3. The first-order valence-electron chi connectivity index (χ1n) is 8.18. The Balaban J connectivity index is 1.57. The quantitative estimate of drug-likeness (QED) is 0.778. The normalized spacial score (nSPS) is 14.5. The summed E-state index contributed by atoms with van der Waals surface area (Å²) in [6, 6.07) is 13.0. The van der Waals surface area contributed by atoms with E-state index in [9.17, 15) is 9.18 Å². The van der Waals surface area contributed by atoms with Crippen molar-refractivity contribution in [2.24, 2.45) is 0 Å². The zero-order valence-electron chi connectivity index (χ0n) is 14.0. The van der Waals surface area contributed by atoms with E-state index in [2.05, 4.69) is 20.8 Å². The minimum Gasteiger partial charge on any atom is -0.497 e. The molecular weight excluding hydrogens is 387 g/mol. The van der Waals surface area contributed by atoms with Gasteiger partial charge in [-0.1, -0.05) is 12.1 Å². The van der Waals surface area contributed by atoms with Gasteiger partial charge in [0, 0.05) is 31.9 Å². The van der Waals surface area contributed by atoms with Crippen molar-refractivity contribution < 1.29 is 13.9 Å². The third kappa shape index (κ3) is 4.12. The maximum Gasteiger partial charge on any atom is 0.227 e. The molecule has 132 valence electrons. The van der Waals surface area contributed by atoms with Crippen molar-refractivity contribution in [2.75, 3.05) is 38.2 Å². The molecule has 0 aromatic heterocycles. The first-order chi connectivity index (χ1) is 12.1. The molecule has 4 nitrogen and oxygen atoms in total. The van der Waals surface area contributed by atoms with Crippen molar-refractivity contribution in [2.45, 2.75) is 6.42 Å². The van der Waals surface area contributed by atoms with Gasteiger partial charge in [-0.3, -0.25) is 4.79 Å². The van der Waals surface area contributed by atoms with E-state index in [1.807, 2.05) is 24.3 Å². The smallest absolute Gasteiger partial charge is 0.227 e. The molecule has 6 heteroatoms. The van der Waals surface area contributed by atoms with Crippen molar-refractivity contribution in [1.29, 1.82) is 0 Å². The predicted molar refractivity (Wildman–Crippen MR) is 99.6 cm³/mol. The summed E-state index contributed by atoms with van der Waals surface area (Å²) in [6.45, 7) is 2.80. The van der Waals surface area contributed by atoms with Crippen LogP contribution in [0.4, 0.5) is 10.1 Å². The van der Waals surface area contributed by atoms with Gasteiger partial charge in [-0.15, -0.1) is 0 Å². The fourth-order valence-corrected chi connectivity index (χ4v) is 3.37. The highest BCUT2D eigenvalue weighted by molar-refractivity contribution is 9.10. The third-order valence-corrected chi connectivity index (χ3v) is 5.06. The van der Waals surface area contributed by atoms with Gasteiger partial charge in [0.1, 0.15) is 11.6 Å². The molecule has 1 fully saturated rings. The number of carbonyl (C=O) groups excluding carboxylic acids is 1. The van der Waals surface area contributed by atoms with Crippen LogP contribution in [0.2, 0.25) is 0 Å². The van der Waals surface area contributed by atoms with E-state index in [0.717, 1.165) is 24.5 Å². The standard InChI is InChI=1S/C19H20BrFN2O2/c1-25-16-7-5-15(6-8-16)22-9-11-23(12-10-22)18(24)13-14-3-2-4-17(20)19(14)21/h2-8H,9-13H2,1H3. The summed E-state index contributed by atoms with van der Waals surface area (Å²) in [5.41, 5.74) is 1.54. The summed E-state index contributed by atoms with van der Waals surface area (Å²) in [7, 11) is 1.65. The average molecular weight is 407 g/mol. The maximum atomic E-state index is 14.0. The predicted octanol–water partition coefficient (Wildman–Crippen LogP) is 3.49. The van der Waals surface area contributed by atoms with E-state index in [4.69, 9.17) is 4.74 Å². The third-order valence-electron chi connectivity index (χ3n) is 4.44. The van der Waals surface area contributed by atoms with E-state index >= 15 is 0 Å². The number of methoxy groups -OCH3 is 1. The number of nitrogens with zero attached hydrogens (tertiary/aromatic N) is 2. The van der Waals surface area contributed by atoms with E-state index in [-0.39, 0.29) is 18.1 Å². The molecule has 0 unspecified atom stereocenters. The number of carbonyl (C=O) groups is 1. The molecule has 0 bridgehead atoms. The molecule has 2 aromatic carbocycles. The maximum absolute atomic E-state index is 14.0. The van der Waals surface area contributed by atoms with Crippen LogP contribution in [-0.2, 0) is 11.2 Å². The Kier molecular flexibility index (Phi) is 5.58. The molecule has 1 aliphatic heterocycles. The van der Waals surface area contributed by atoms with Crippen molar-refractivity contribution in [3.05, 3.63) is 58.3 Å². The van der Waals surface area contributed by atoms with Gasteiger partial charge in [-0.2, -0.15) is 0 Å². The van der Waals surface area contributed by atoms with Gasteiger partial charge in [0.05, 0.1) is 18.0 Å². The summed E-state index contributed by atoms with van der Waals surface area (Å²) >= 11 is 3.16. The Morgan fingerprint density at radius 3 is 2.44 bits per heavy atom. The molecule has 0 spiro atoms. The molecule has 1 heterocycles. The number of piperazine rings is 1. The van der Waals surface area contributed by atoms with Gasteiger partial charge in [-0.05, 0) is 51.8 Å². The Morgan fingerprint density at radius 2 is 1.80 bits per heavy atom. The van der Waals surface area contributed by atoms with Gasteiger partial charge in [0.2, 0.25) is 5.91 Å². The van der Waals surface area contributed by atoms with Gasteiger partial charge < -0.3 is 14.5 Å². The minimum atomic E-state index is -0.354. The Hall–Kier alpha value is -2.08. The molecule has 0 radical (unpaired) electrons. The zero-order chi connectivity index (χ0) is 17.8. The van der Waals surface area contributed by atoms with Crippen molar-refractivity contribution in [3.8, 4) is 5.75 Å². The number of rotatable bonds is 4. The van der Waals surface area contributed by atoms with Gasteiger partial charge in [0.15, 0.2) is 0 Å². The number of benzene rings is 2. The van der Waals surface area contributed by atoms with Crippen LogP contribution in [0.15, 0.2) is 46.9 Å². The molecule has 1 saturated heterocycles. The van der Waals surface area contributed by atoms with Gasteiger partial charge >= 0.3 is 0 Å². The zero-order valence-corrected chi connectivity index (χ0v) is 15.6. The molecule has 0 atom stereocenters. The molecule has 25 heavy (non-hydrogen) atoms. The number of halogens is 2. The Labute approximate surface area is 155 Å². The molecular formula is C19H20BrFN2O2. The summed E-state index contributed by atoms with van der Waals surface area (Å²) in [5, 5.41) is 0. The first kappa shape index (κ1) is 17.7. The summed E-state index contributed by atoms with van der Waals surface area (Å²) < 4.78 is 19.6. The number of anilines is 1. The van der Waals surface area contributed by atoms with Crippen LogP contribution in [0.3, 0.4) is 0 Å². The van der Waals surface area contributed by atoms with Crippen LogP contribution in [0.25, 0.3) is 0 Å². The van der Waals surface area contributed by atoms with Crippen LogP contribution in [0.1, 0.15) is 5.56 Å². The summed E-state index contributed by atoms with van der Waals surface area (Å²) in [4.78, 5) is 16.5. The molecule has 0 saturated carbocycles. The number of hydrogen-bond donors (Lipinski definition) is 0. The van der Waals surface area contributed by atoms with E-state index < -0.39 is 0 Å². The summed E-state index contributed by atoms with van der Waals surface area (Å²) in [5.74, 6) is 0.438. The first-order valence-corrected chi connectivity index (χ1v) is 8.97. The van der Waals surface area contributed by atoms with Crippen LogP contribution in [0.5, 0.6) is 5.75 Å². The molecule has 1 aliphatic rings. The lowest BCUT2D eigenvalue weighted by molar-refractivity contribution is -0.130. The van der Waals surface area contributed by atoms with Gasteiger partial charge in [0.25, 0.3) is 0 Å². The van der Waals surface area contributed by atoms with Crippen LogP contribution < -0.4 is 9.64 Å². The molecule has 0 aliphatic carbocycles. The average Bonchev–Trinajstić information content (AvgIpc) is 2.65. The molecule has 2 aromatic rings. The number of amides is 1. The fourth-order valence-electron chi connectivity index (χ4n) is 2.97. The Bertz CT molecular complexity index is 744. The van der Waals surface area contributed by atoms with Crippen LogP contribution in [0, 0.1) is 5.82 Å². The van der Waals surface area contributed by atoms with E-state index in [1.54, 1.807) is 30.2 Å². The Morgan fingerprint density at radius 1 is 1.12 bits per heavy atom. The molecule has 1 amide bonds. The fraction of sp³-hybridized carbons (Fsp3) is 0.316. The highest BCUT2D eigenvalue weighted by atomic mass is 79.9. The second-order valence-corrected chi connectivity index (χ2v) is 6.81. The van der Waals surface area contributed by atoms with Crippen molar-refractivity contribution >= 4 is 27.5 Å². The topological polar surface area (TPSA) is 32.8 Å². The minimum absolute atomic E-state index is 0.0358. The SMILES string of the molecule is COc1ccc(N2CCN(C(=O)Cc3cccc(Br)c3F)CC2)cc1. The lowest BCUT2D eigenvalue weighted by atomic mass is 10.1. The van der Waals surface area contributed by atoms with Crippen LogP contribution in [-0.4, -0.2) is 44.1 Å². The largest absolute Gasteiger partial charge is 0.497 e. The summed E-state index contributed by atoms with van der Waals surface area (Å²) in [6.07, 6.45) is 0.0911. The monoisotopic (exact) mass is 406 g/mol. The highest BCUT2D eigenvalue weighted by Gasteiger charge is 2.22. The van der Waals surface area contributed by atoms with Crippen molar-refractivity contribution in [3.63, 3.8) is 0 Å². The molecule has 3 rings (SSSR count). The van der Waals surface area contributed by atoms with Gasteiger partial charge in [-0.25, -0.2) is 4.39 Å². The lowest BCUT2D eigenvalue weighted by Gasteiger charge is -2.36. The second kappa shape index (κ2) is 7.87. The lowest BCUT2D eigenvalue weighted by Crippen LogP contribution is -2.49. The second-order valence-electron chi connectivity index (χ2n) is 5.96. The van der Waals surface area contributed by atoms with E-state index in [0.29, 0.717) is 23.1 Å². The van der Waals surface area contributed by atoms with Crippen molar-refractivity contribution in [1.82, 2.24) is 4.90 Å². The van der Waals surface area contributed by atoms with E-state index in [1.165, 1.54) is 0 Å². The molecule has 0 N–H and O–H groups in total. The number of ether oxygens (including phenoxy) is 1.